The minimum Gasteiger partial charge on any atom is -0.482 e. The molecule has 2 N–H and O–H groups in total. The van der Waals surface area contributed by atoms with Gasteiger partial charge in [-0.2, -0.15) is 0 Å². The average molecular weight is 277 g/mol. The monoisotopic (exact) mass is 277 g/mol. The first-order valence-electron chi connectivity index (χ1n) is 7.13. The molecule has 4 rings (SSSR count). The number of ether oxygens (including phenoxy) is 4. The van der Waals surface area contributed by atoms with Crippen molar-refractivity contribution in [1.82, 2.24) is 0 Å². The summed E-state index contributed by atoms with van der Waals surface area (Å²) in [6, 6.07) is 7.61. The highest BCUT2D eigenvalue weighted by Gasteiger charge is 2.55. The van der Waals surface area contributed by atoms with Crippen molar-refractivity contribution in [2.45, 2.75) is 36.8 Å². The molecule has 5 heteroatoms. The maximum Gasteiger partial charge on any atom is 0.143 e. The second kappa shape index (κ2) is 4.62. The summed E-state index contributed by atoms with van der Waals surface area (Å²) in [6.07, 6.45) is 2.36. The van der Waals surface area contributed by atoms with E-state index in [0.29, 0.717) is 5.69 Å². The van der Waals surface area contributed by atoms with Crippen molar-refractivity contribution < 1.29 is 18.9 Å². The Hall–Kier alpha value is -1.30. The Kier molecular flexibility index (Phi) is 2.87. The summed E-state index contributed by atoms with van der Waals surface area (Å²) in [5.74, 6) is 0.726. The van der Waals surface area contributed by atoms with E-state index in [1.807, 2.05) is 24.3 Å². The Bertz CT molecular complexity index is 480. The molecule has 3 saturated heterocycles. The molecule has 0 spiro atoms. The summed E-state index contributed by atoms with van der Waals surface area (Å²) < 4.78 is 22.7. The summed E-state index contributed by atoms with van der Waals surface area (Å²) in [6.45, 7) is 2.37. The molecule has 1 aromatic rings. The van der Waals surface area contributed by atoms with Crippen molar-refractivity contribution in [2.24, 2.45) is 0 Å². The Morgan fingerprint density at radius 3 is 2.15 bits per heavy atom. The number of hydrogen-bond acceptors (Lipinski definition) is 5. The van der Waals surface area contributed by atoms with E-state index >= 15 is 0 Å². The van der Waals surface area contributed by atoms with Gasteiger partial charge in [0.25, 0.3) is 0 Å². The number of para-hydroxylation sites is 2. The fraction of sp³-hybridized carbons (Fsp3) is 0.600. The molecule has 5 nitrogen and oxygen atoms in total. The van der Waals surface area contributed by atoms with Crippen LogP contribution in [0.3, 0.4) is 0 Å². The van der Waals surface area contributed by atoms with Gasteiger partial charge in [-0.05, 0) is 12.1 Å². The zero-order valence-electron chi connectivity index (χ0n) is 11.3. The minimum atomic E-state index is -0.377. The second-order valence-electron chi connectivity index (χ2n) is 5.85. The fourth-order valence-corrected chi connectivity index (χ4v) is 2.78. The maximum absolute atomic E-state index is 6.35. The van der Waals surface area contributed by atoms with Gasteiger partial charge in [0.15, 0.2) is 0 Å². The Labute approximate surface area is 117 Å². The van der Waals surface area contributed by atoms with Crippen LogP contribution < -0.4 is 10.5 Å². The predicted octanol–water partition coefficient (Wildman–Crippen LogP) is 1.36. The van der Waals surface area contributed by atoms with Crippen LogP contribution >= 0.6 is 0 Å². The highest BCUT2D eigenvalue weighted by atomic mass is 16.6. The second-order valence-corrected chi connectivity index (χ2v) is 5.85. The van der Waals surface area contributed by atoms with Gasteiger partial charge in [0.05, 0.1) is 37.7 Å². The molecule has 3 aliphatic heterocycles. The number of epoxide rings is 3. The molecule has 20 heavy (non-hydrogen) atoms. The van der Waals surface area contributed by atoms with Gasteiger partial charge in [0.1, 0.15) is 17.5 Å². The molecule has 0 radical (unpaired) electrons. The zero-order chi connectivity index (χ0) is 13.6. The van der Waals surface area contributed by atoms with Crippen LogP contribution in [0.25, 0.3) is 0 Å². The van der Waals surface area contributed by atoms with Crippen molar-refractivity contribution in [3.8, 4) is 5.75 Å². The molecular formula is C15H19NO4. The Morgan fingerprint density at radius 2 is 1.65 bits per heavy atom. The van der Waals surface area contributed by atoms with Crippen molar-refractivity contribution >= 4 is 5.69 Å². The van der Waals surface area contributed by atoms with Crippen molar-refractivity contribution in [1.29, 1.82) is 0 Å². The first kappa shape index (κ1) is 12.4. The molecule has 3 fully saturated rings. The van der Waals surface area contributed by atoms with Crippen molar-refractivity contribution in [3.63, 3.8) is 0 Å². The first-order valence-corrected chi connectivity index (χ1v) is 7.13. The quantitative estimate of drug-likeness (QED) is 0.602. The molecule has 0 aromatic heterocycles. The lowest BCUT2D eigenvalue weighted by atomic mass is 9.88. The van der Waals surface area contributed by atoms with E-state index in [1.165, 1.54) is 0 Å². The van der Waals surface area contributed by atoms with Crippen LogP contribution in [-0.2, 0) is 14.2 Å². The van der Waals surface area contributed by atoms with E-state index in [2.05, 4.69) is 0 Å². The first-order chi connectivity index (χ1) is 9.75. The summed E-state index contributed by atoms with van der Waals surface area (Å²) in [7, 11) is 0. The van der Waals surface area contributed by atoms with Gasteiger partial charge in [0.2, 0.25) is 0 Å². The fourth-order valence-electron chi connectivity index (χ4n) is 2.78. The van der Waals surface area contributed by atoms with Crippen LogP contribution in [0.15, 0.2) is 24.3 Å². The molecule has 3 atom stereocenters. The van der Waals surface area contributed by atoms with Gasteiger partial charge in [-0.3, -0.25) is 0 Å². The number of nitrogen functional groups attached to an aromatic ring is 1. The van der Waals surface area contributed by atoms with Gasteiger partial charge < -0.3 is 24.7 Å². The third-order valence-electron chi connectivity index (χ3n) is 4.10. The van der Waals surface area contributed by atoms with Crippen LogP contribution in [0, 0.1) is 0 Å². The van der Waals surface area contributed by atoms with E-state index < -0.39 is 0 Å². The van der Waals surface area contributed by atoms with Crippen LogP contribution in [-0.4, -0.2) is 43.7 Å². The smallest absolute Gasteiger partial charge is 0.143 e. The summed E-state index contributed by atoms with van der Waals surface area (Å²) >= 11 is 0. The van der Waals surface area contributed by atoms with E-state index in [9.17, 15) is 0 Å². The SMILES string of the molecule is Nc1ccccc1OC(CC1CO1)(CC1CO1)C1CO1. The molecule has 0 bridgehead atoms. The van der Waals surface area contributed by atoms with Crippen molar-refractivity contribution in [2.75, 3.05) is 25.6 Å². The molecular weight excluding hydrogens is 258 g/mol. The summed E-state index contributed by atoms with van der Waals surface area (Å²) in [5, 5.41) is 0. The normalized spacial score (nSPS) is 33.3. The van der Waals surface area contributed by atoms with E-state index in [-0.39, 0.29) is 23.9 Å². The molecule has 1 aromatic carbocycles. The lowest BCUT2D eigenvalue weighted by Crippen LogP contribution is -2.45. The Morgan fingerprint density at radius 1 is 1.05 bits per heavy atom. The van der Waals surface area contributed by atoms with Crippen molar-refractivity contribution in [3.05, 3.63) is 24.3 Å². The van der Waals surface area contributed by atoms with Crippen LogP contribution in [0.5, 0.6) is 5.75 Å². The molecule has 0 saturated carbocycles. The zero-order valence-corrected chi connectivity index (χ0v) is 11.3. The third-order valence-corrected chi connectivity index (χ3v) is 4.10. The Balaban J connectivity index is 1.59. The summed E-state index contributed by atoms with van der Waals surface area (Å²) in [5.41, 5.74) is 6.29. The number of benzene rings is 1. The number of hydrogen-bond donors (Lipinski definition) is 1. The highest BCUT2D eigenvalue weighted by molar-refractivity contribution is 5.52. The maximum atomic E-state index is 6.35. The lowest BCUT2D eigenvalue weighted by Gasteiger charge is -2.33. The van der Waals surface area contributed by atoms with E-state index in [1.54, 1.807) is 0 Å². The summed E-state index contributed by atoms with van der Waals surface area (Å²) in [4.78, 5) is 0. The van der Waals surface area contributed by atoms with Gasteiger partial charge in [-0.1, -0.05) is 12.1 Å². The topological polar surface area (TPSA) is 72.8 Å². The molecule has 3 unspecified atom stereocenters. The van der Waals surface area contributed by atoms with Gasteiger partial charge in [-0.25, -0.2) is 0 Å². The minimum absolute atomic E-state index is 0.121. The molecule has 3 aliphatic rings. The van der Waals surface area contributed by atoms with E-state index in [0.717, 1.165) is 38.4 Å². The number of rotatable bonds is 7. The molecule has 3 heterocycles. The van der Waals surface area contributed by atoms with Crippen LogP contribution in [0.2, 0.25) is 0 Å². The predicted molar refractivity (Wildman–Crippen MR) is 72.7 cm³/mol. The van der Waals surface area contributed by atoms with E-state index in [4.69, 9.17) is 24.7 Å². The van der Waals surface area contributed by atoms with Crippen LogP contribution in [0.4, 0.5) is 5.69 Å². The number of nitrogens with two attached hydrogens (primary N) is 1. The molecule has 0 aliphatic carbocycles. The molecule has 108 valence electrons. The number of anilines is 1. The van der Waals surface area contributed by atoms with Gasteiger partial charge >= 0.3 is 0 Å². The molecule has 0 amide bonds. The van der Waals surface area contributed by atoms with Crippen LogP contribution in [0.1, 0.15) is 12.8 Å². The average Bonchev–Trinajstić information content (AvgIpc) is 3.23. The lowest BCUT2D eigenvalue weighted by molar-refractivity contribution is 0.00930. The third kappa shape index (κ3) is 2.61. The largest absolute Gasteiger partial charge is 0.482 e. The standard InChI is InChI=1S/C15H19NO4/c16-12-3-1-2-4-13(12)20-15(14-9-19-14,5-10-7-17-10)6-11-8-18-11/h1-4,10-11,14H,5-9,16H2. The van der Waals surface area contributed by atoms with Gasteiger partial charge in [-0.15, -0.1) is 0 Å². The highest BCUT2D eigenvalue weighted by Crippen LogP contribution is 2.43. The van der Waals surface area contributed by atoms with Gasteiger partial charge in [0, 0.05) is 12.8 Å².